The van der Waals surface area contributed by atoms with Gasteiger partial charge in [0.1, 0.15) is 0 Å². The fourth-order valence-electron chi connectivity index (χ4n) is 2.48. The van der Waals surface area contributed by atoms with Crippen molar-refractivity contribution in [2.75, 3.05) is 13.1 Å². The van der Waals surface area contributed by atoms with Crippen molar-refractivity contribution in [2.24, 2.45) is 11.3 Å². The summed E-state index contributed by atoms with van der Waals surface area (Å²) in [5, 5.41) is 0. The molecule has 0 N–H and O–H groups in total. The zero-order valence-corrected chi connectivity index (χ0v) is 11.1. The Balaban J connectivity index is 1.78. The van der Waals surface area contributed by atoms with E-state index < -0.39 is 0 Å². The number of piperidine rings is 1. The van der Waals surface area contributed by atoms with E-state index in [2.05, 4.69) is 37.5 Å². The van der Waals surface area contributed by atoms with Gasteiger partial charge in [0, 0.05) is 17.4 Å². The Labute approximate surface area is 101 Å². The third-order valence-corrected chi connectivity index (χ3v) is 3.77. The Bertz CT molecular complexity index is 277. The van der Waals surface area contributed by atoms with E-state index in [-0.39, 0.29) is 5.41 Å². The van der Waals surface area contributed by atoms with Crippen LogP contribution < -0.4 is 0 Å². The zero-order chi connectivity index (χ0) is 11.6. The second kappa shape index (κ2) is 4.80. The van der Waals surface area contributed by atoms with Gasteiger partial charge >= 0.3 is 0 Å². The fraction of sp³-hybridized carbons (Fsp3) is 0.867. The Kier molecular flexibility index (Phi) is 3.60. The summed E-state index contributed by atoms with van der Waals surface area (Å²) in [5.41, 5.74) is 0.172. The molecule has 0 aromatic heterocycles. The van der Waals surface area contributed by atoms with Crippen molar-refractivity contribution < 1.29 is 0 Å². The van der Waals surface area contributed by atoms with Crippen molar-refractivity contribution in [3.05, 3.63) is 0 Å². The minimum absolute atomic E-state index is 0.172. The molecule has 0 radical (unpaired) electrons. The second-order valence-electron chi connectivity index (χ2n) is 6.41. The Morgan fingerprint density at radius 1 is 1.00 bits per heavy atom. The Hall–Kier alpha value is -0.480. The van der Waals surface area contributed by atoms with Crippen molar-refractivity contribution >= 4 is 0 Å². The van der Waals surface area contributed by atoms with Crippen molar-refractivity contribution in [2.45, 2.75) is 58.9 Å². The van der Waals surface area contributed by atoms with Gasteiger partial charge in [0.2, 0.25) is 0 Å². The predicted octanol–water partition coefficient (Wildman–Crippen LogP) is 3.30. The first-order valence-electron chi connectivity index (χ1n) is 6.81. The molecule has 2 rings (SSSR count). The van der Waals surface area contributed by atoms with E-state index in [1.165, 1.54) is 45.2 Å². The first-order chi connectivity index (χ1) is 7.54. The van der Waals surface area contributed by atoms with E-state index in [1.807, 2.05) is 0 Å². The van der Waals surface area contributed by atoms with E-state index in [9.17, 15) is 0 Å². The van der Waals surface area contributed by atoms with Crippen LogP contribution in [0.4, 0.5) is 0 Å². The molecule has 0 atom stereocenters. The van der Waals surface area contributed by atoms with Gasteiger partial charge in [-0.2, -0.15) is 0 Å². The van der Waals surface area contributed by atoms with Gasteiger partial charge in [-0.3, -0.25) is 0 Å². The maximum Gasteiger partial charge on any atom is 0.0230 e. The lowest BCUT2D eigenvalue weighted by Gasteiger charge is -2.41. The van der Waals surface area contributed by atoms with Gasteiger partial charge in [-0.25, -0.2) is 0 Å². The van der Waals surface area contributed by atoms with E-state index in [1.54, 1.807) is 0 Å². The second-order valence-corrected chi connectivity index (χ2v) is 6.41. The summed E-state index contributed by atoms with van der Waals surface area (Å²) in [4.78, 5) is 2.69. The Morgan fingerprint density at radius 3 is 2.06 bits per heavy atom. The predicted molar refractivity (Wildman–Crippen MR) is 69.2 cm³/mol. The molecule has 1 saturated carbocycles. The summed E-state index contributed by atoms with van der Waals surface area (Å²) in [6.45, 7) is 9.17. The average Bonchev–Trinajstić information content (AvgIpc) is 2.13. The lowest BCUT2D eigenvalue weighted by Crippen LogP contribution is -2.44. The molecule has 0 unspecified atom stereocenters. The highest BCUT2D eigenvalue weighted by Gasteiger charge is 2.28. The molecule has 1 nitrogen and oxygen atoms in total. The SMILES string of the molecule is CC(C)(C)C#CC1CCN(C2CCC2)CC1. The molecule has 1 heterocycles. The van der Waals surface area contributed by atoms with Crippen LogP contribution in [0, 0.1) is 23.2 Å². The van der Waals surface area contributed by atoms with Crippen molar-refractivity contribution in [3.63, 3.8) is 0 Å². The van der Waals surface area contributed by atoms with Crippen LogP contribution in [-0.2, 0) is 0 Å². The van der Waals surface area contributed by atoms with E-state index >= 15 is 0 Å². The molecular weight excluding hydrogens is 194 g/mol. The lowest BCUT2D eigenvalue weighted by molar-refractivity contribution is 0.0945. The van der Waals surface area contributed by atoms with Gasteiger partial charge in [0.25, 0.3) is 0 Å². The maximum absolute atomic E-state index is 3.48. The van der Waals surface area contributed by atoms with Gasteiger partial charge in [-0.1, -0.05) is 18.3 Å². The number of hydrogen-bond donors (Lipinski definition) is 0. The smallest absolute Gasteiger partial charge is 0.0230 e. The summed E-state index contributed by atoms with van der Waals surface area (Å²) >= 11 is 0. The molecule has 1 heteroatoms. The molecule has 0 aromatic rings. The van der Waals surface area contributed by atoms with Gasteiger partial charge in [0.15, 0.2) is 0 Å². The number of nitrogens with zero attached hydrogens (tertiary/aromatic N) is 1. The molecule has 0 spiro atoms. The third kappa shape index (κ3) is 3.25. The summed E-state index contributed by atoms with van der Waals surface area (Å²) in [6, 6.07) is 0.927. The largest absolute Gasteiger partial charge is 0.300 e. The monoisotopic (exact) mass is 219 g/mol. The van der Waals surface area contributed by atoms with Gasteiger partial charge in [-0.05, 0) is 59.5 Å². The van der Waals surface area contributed by atoms with Crippen LogP contribution in [0.3, 0.4) is 0 Å². The molecule has 90 valence electrons. The first-order valence-corrected chi connectivity index (χ1v) is 6.81. The first kappa shape index (κ1) is 12.0. The van der Waals surface area contributed by atoms with E-state index in [0.29, 0.717) is 5.92 Å². The van der Waals surface area contributed by atoms with Crippen molar-refractivity contribution in [1.82, 2.24) is 4.90 Å². The quantitative estimate of drug-likeness (QED) is 0.612. The summed E-state index contributed by atoms with van der Waals surface area (Å²) in [5.74, 6) is 7.54. The lowest BCUT2D eigenvalue weighted by atomic mass is 9.87. The zero-order valence-electron chi connectivity index (χ0n) is 11.1. The van der Waals surface area contributed by atoms with Crippen LogP contribution in [0.5, 0.6) is 0 Å². The van der Waals surface area contributed by atoms with Crippen LogP contribution in [0.2, 0.25) is 0 Å². The molecule has 1 saturated heterocycles. The number of likely N-dealkylation sites (tertiary alicyclic amines) is 1. The topological polar surface area (TPSA) is 3.24 Å². The molecular formula is C15H25N. The molecule has 1 aliphatic carbocycles. The van der Waals surface area contributed by atoms with Gasteiger partial charge < -0.3 is 4.90 Å². The highest BCUT2D eigenvalue weighted by atomic mass is 15.2. The van der Waals surface area contributed by atoms with E-state index in [4.69, 9.17) is 0 Å². The normalized spacial score (nSPS) is 24.7. The number of rotatable bonds is 1. The van der Waals surface area contributed by atoms with Crippen molar-refractivity contribution in [1.29, 1.82) is 0 Å². The van der Waals surface area contributed by atoms with E-state index in [0.717, 1.165) is 6.04 Å². The van der Waals surface area contributed by atoms with Gasteiger partial charge in [-0.15, -0.1) is 0 Å². The number of hydrogen-bond acceptors (Lipinski definition) is 1. The highest BCUT2D eigenvalue weighted by Crippen LogP contribution is 2.28. The molecule has 1 aliphatic heterocycles. The molecule has 2 aliphatic rings. The fourth-order valence-corrected chi connectivity index (χ4v) is 2.48. The molecule has 2 fully saturated rings. The van der Waals surface area contributed by atoms with Crippen LogP contribution in [-0.4, -0.2) is 24.0 Å². The molecule has 0 aromatic carbocycles. The highest BCUT2D eigenvalue weighted by molar-refractivity contribution is 5.11. The van der Waals surface area contributed by atoms with Crippen LogP contribution in [0.1, 0.15) is 52.9 Å². The summed E-state index contributed by atoms with van der Waals surface area (Å²) < 4.78 is 0. The van der Waals surface area contributed by atoms with Crippen LogP contribution in [0.25, 0.3) is 0 Å². The minimum Gasteiger partial charge on any atom is -0.300 e. The minimum atomic E-state index is 0.172. The standard InChI is InChI=1S/C15H25N/c1-15(2,3)10-7-13-8-11-16(12-9-13)14-5-4-6-14/h13-14H,4-6,8-9,11-12H2,1-3H3. The summed E-state index contributed by atoms with van der Waals surface area (Å²) in [6.07, 6.45) is 6.92. The molecule has 16 heavy (non-hydrogen) atoms. The summed E-state index contributed by atoms with van der Waals surface area (Å²) in [7, 11) is 0. The average molecular weight is 219 g/mol. The third-order valence-electron chi connectivity index (χ3n) is 3.77. The van der Waals surface area contributed by atoms with Crippen LogP contribution >= 0.6 is 0 Å². The molecule has 0 bridgehead atoms. The van der Waals surface area contributed by atoms with Gasteiger partial charge in [0.05, 0.1) is 0 Å². The molecule has 0 amide bonds. The maximum atomic E-state index is 3.48. The Morgan fingerprint density at radius 2 is 1.62 bits per heavy atom. The van der Waals surface area contributed by atoms with Crippen molar-refractivity contribution in [3.8, 4) is 11.8 Å². The van der Waals surface area contributed by atoms with Crippen LogP contribution in [0.15, 0.2) is 0 Å².